The molecule has 0 aromatic heterocycles. The molecule has 0 bridgehead atoms. The van der Waals surface area contributed by atoms with Crippen molar-refractivity contribution in [3.05, 3.63) is 310 Å². The largest absolute Gasteiger partial charge is 0.504 e. The number of hydrogen-bond acceptors (Lipinski definition) is 32. The van der Waals surface area contributed by atoms with Gasteiger partial charge in [-0.05, 0) is 130 Å². The molecule has 10 aromatic carbocycles. The maximum Gasteiger partial charge on any atom is 0.340 e. The Morgan fingerprint density at radius 2 is 0.545 bits per heavy atom. The first kappa shape index (κ1) is 102. The molecule has 4 aliphatic rings. The van der Waals surface area contributed by atoms with Gasteiger partial charge in [-0.2, -0.15) is 0 Å². The maximum atomic E-state index is 13.6. The molecule has 0 saturated carbocycles. The Bertz CT molecular complexity index is 4910. The summed E-state index contributed by atoms with van der Waals surface area (Å²) in [4.78, 5) is 51.2. The summed E-state index contributed by atoms with van der Waals surface area (Å²) < 4.78 is 102. The van der Waals surface area contributed by atoms with E-state index in [0.717, 1.165) is 45.5 Å². The Balaban J connectivity index is 0.000000180. The van der Waals surface area contributed by atoms with Gasteiger partial charge in [0.2, 0.25) is 25.2 Å². The lowest BCUT2D eigenvalue weighted by Gasteiger charge is -2.43. The number of aliphatic hydroxyl groups is 8. The van der Waals surface area contributed by atoms with Crippen LogP contribution < -0.4 is 28.4 Å². The molecule has 20 unspecified atom stereocenters. The highest BCUT2D eigenvalue weighted by atomic mass is 16.7. The van der Waals surface area contributed by atoms with Crippen LogP contribution in [0.4, 0.5) is 0 Å². The van der Waals surface area contributed by atoms with Crippen molar-refractivity contribution in [2.75, 3.05) is 54.9 Å². The fraction of sp³-hybridized carbons (Fsp3) is 0.373. The minimum absolute atomic E-state index is 0.0243. The molecular formula is C102H116O32. The third-order valence-electron chi connectivity index (χ3n) is 23.1. The molecule has 10 N–H and O–H groups in total. The normalized spacial score (nSPS) is 24.6. The fourth-order valence-corrected chi connectivity index (χ4v) is 14.8. The molecule has 0 aliphatic carbocycles. The molecular weight excluding hydrogens is 1740 g/mol. The number of hydrogen-bond donors (Lipinski definition) is 10. The van der Waals surface area contributed by atoms with Crippen LogP contribution in [0, 0.1) is 23.7 Å². The van der Waals surface area contributed by atoms with E-state index in [1.165, 1.54) is 38.5 Å². The molecule has 4 fully saturated rings. The maximum absolute atomic E-state index is 13.6. The van der Waals surface area contributed by atoms with E-state index in [1.54, 1.807) is 50.6 Å². The lowest BCUT2D eigenvalue weighted by atomic mass is 9.83. The molecule has 14 rings (SSSR count). The monoisotopic (exact) mass is 1850 g/mol. The first-order chi connectivity index (χ1) is 64.8. The lowest BCUT2D eigenvalue weighted by molar-refractivity contribution is -0.285. The number of ether oxygens (including phenoxy) is 18. The summed E-state index contributed by atoms with van der Waals surface area (Å²) in [5.74, 6) is -1.02. The van der Waals surface area contributed by atoms with Crippen LogP contribution in [0.2, 0.25) is 0 Å². The number of carbonyl (C=O) groups is 4. The average molecular weight is 1850 g/mol. The fourth-order valence-electron chi connectivity index (χ4n) is 14.8. The summed E-state index contributed by atoms with van der Waals surface area (Å²) in [5, 5.41) is 95.5. The molecule has 4 aliphatic heterocycles. The molecule has 32 heteroatoms. The van der Waals surface area contributed by atoms with E-state index >= 15 is 0 Å². The highest BCUT2D eigenvalue weighted by Crippen LogP contribution is 2.40. The standard InChI is InChI=1S/2C37H40O7.2C14H18O9/c2*1-26-27(2)35(42-24-30-17-11-6-12-18-30)37(43-34(26)25-40-22-28-13-7-4-8-14-28)44-36(38)31-19-20-32(39-3)33(21-31)41-23-29-15-9-5-10-16-29;2*1-21-8-3-2-6(4-7(8)16)13(20)23-14-12(19)11(18)10(17)9(5-15)22-14/h2*4-21,26-27,34-35,37H,22-25H2,1-3H3;2*2-4,9-12,14-19H,5H2,1H3. The lowest BCUT2D eigenvalue weighted by Crippen LogP contribution is -2.59. The number of phenols is 2. The van der Waals surface area contributed by atoms with Crippen LogP contribution in [0.5, 0.6) is 46.0 Å². The molecule has 0 radical (unpaired) electrons. The molecule has 0 amide bonds. The topological polar surface area (TPSA) is 437 Å². The predicted molar refractivity (Wildman–Crippen MR) is 482 cm³/mol. The van der Waals surface area contributed by atoms with Gasteiger partial charge in [-0.3, -0.25) is 0 Å². The molecule has 4 heterocycles. The number of methoxy groups -OCH3 is 4. The van der Waals surface area contributed by atoms with E-state index in [0.29, 0.717) is 87.0 Å². The van der Waals surface area contributed by atoms with E-state index in [2.05, 4.69) is 27.7 Å². The quantitative estimate of drug-likeness (QED) is 0.0132. The second kappa shape index (κ2) is 51.3. The second-order valence-corrected chi connectivity index (χ2v) is 32.1. The third-order valence-corrected chi connectivity index (χ3v) is 23.1. The van der Waals surface area contributed by atoms with Gasteiger partial charge in [0.05, 0.1) is 116 Å². The van der Waals surface area contributed by atoms with Crippen LogP contribution >= 0.6 is 0 Å². The summed E-state index contributed by atoms with van der Waals surface area (Å²) in [7, 11) is 5.83. The van der Waals surface area contributed by atoms with Crippen molar-refractivity contribution in [2.45, 2.75) is 166 Å². The number of phenolic OH excluding ortho intramolecular Hbond substituents is 2. The smallest absolute Gasteiger partial charge is 0.340 e. The molecule has 20 atom stereocenters. The van der Waals surface area contributed by atoms with Crippen LogP contribution in [0.3, 0.4) is 0 Å². The zero-order chi connectivity index (χ0) is 95.7. The number of aromatic hydroxyl groups is 2. The van der Waals surface area contributed by atoms with Crippen molar-refractivity contribution in [1.29, 1.82) is 0 Å². The Hall–Kier alpha value is -12.2. The summed E-state index contributed by atoms with van der Waals surface area (Å²) in [6.45, 7) is 10.3. The van der Waals surface area contributed by atoms with Crippen molar-refractivity contribution in [3.8, 4) is 46.0 Å². The van der Waals surface area contributed by atoms with Crippen LogP contribution in [0.15, 0.2) is 255 Å². The summed E-state index contributed by atoms with van der Waals surface area (Å²) >= 11 is 0. The van der Waals surface area contributed by atoms with Gasteiger partial charge in [0.1, 0.15) is 74.3 Å². The minimum Gasteiger partial charge on any atom is -0.504 e. The van der Waals surface area contributed by atoms with Gasteiger partial charge < -0.3 is 136 Å². The first-order valence-corrected chi connectivity index (χ1v) is 43.5. The number of carbonyl (C=O) groups excluding carboxylic acids is 4. The molecule has 32 nitrogen and oxygen atoms in total. The SMILES string of the molecule is COc1ccc(C(=O)OC2OC(CO)C(O)C(O)C2O)cc1O.COc1ccc(C(=O)OC2OC(CO)C(O)C(O)C2O)cc1O.COc1ccc(C(=O)OC2OC(COCc3ccccc3)C(C)C(C)C2OCc2ccccc2)cc1OCc1ccccc1.COc1ccc(C(=O)OC2OC(COCc3ccccc3)C(C)C(C)C2OCc2ccccc2)cc1OCc1ccccc1. The van der Waals surface area contributed by atoms with Crippen molar-refractivity contribution in [1.82, 2.24) is 0 Å². The van der Waals surface area contributed by atoms with E-state index in [-0.39, 0.29) is 70.0 Å². The molecule has 4 saturated heterocycles. The average Bonchev–Trinajstić information content (AvgIpc) is 0.791. The number of esters is 4. The zero-order valence-corrected chi connectivity index (χ0v) is 75.3. The number of benzene rings is 10. The van der Waals surface area contributed by atoms with Gasteiger partial charge in [0.25, 0.3) is 0 Å². The van der Waals surface area contributed by atoms with Crippen molar-refractivity contribution in [2.24, 2.45) is 23.7 Å². The number of rotatable bonds is 34. The van der Waals surface area contributed by atoms with Gasteiger partial charge >= 0.3 is 23.9 Å². The highest BCUT2D eigenvalue weighted by Gasteiger charge is 2.49. The summed E-state index contributed by atoms with van der Waals surface area (Å²) in [5.41, 5.74) is 6.79. The van der Waals surface area contributed by atoms with Gasteiger partial charge in [-0.25, -0.2) is 19.2 Å². The Labute approximate surface area is 776 Å². The Kier molecular flexibility index (Phi) is 39.2. The van der Waals surface area contributed by atoms with Crippen molar-refractivity contribution >= 4 is 23.9 Å². The van der Waals surface area contributed by atoms with E-state index in [1.807, 2.05) is 182 Å². The number of aliphatic hydroxyl groups excluding tert-OH is 8. The summed E-state index contributed by atoms with van der Waals surface area (Å²) in [6, 6.07) is 77.0. The van der Waals surface area contributed by atoms with Crippen LogP contribution in [-0.4, -0.2) is 228 Å². The minimum atomic E-state index is -1.69. The van der Waals surface area contributed by atoms with E-state index < -0.39 is 123 Å². The molecule has 0 spiro atoms. The Morgan fingerprint density at radius 1 is 0.284 bits per heavy atom. The van der Waals surface area contributed by atoms with Gasteiger partial charge in [-0.1, -0.05) is 210 Å². The van der Waals surface area contributed by atoms with Crippen molar-refractivity contribution < 1.29 is 156 Å². The van der Waals surface area contributed by atoms with E-state index in [4.69, 9.17) is 95.5 Å². The van der Waals surface area contributed by atoms with Gasteiger partial charge in [0.15, 0.2) is 46.0 Å². The van der Waals surface area contributed by atoms with Crippen molar-refractivity contribution in [3.63, 3.8) is 0 Å². The van der Waals surface area contributed by atoms with E-state index in [9.17, 15) is 60.0 Å². The van der Waals surface area contributed by atoms with Crippen LogP contribution in [-0.2, 0) is 96.5 Å². The predicted octanol–water partition coefficient (Wildman–Crippen LogP) is 11.2. The van der Waals surface area contributed by atoms with Crippen LogP contribution in [0.25, 0.3) is 0 Å². The van der Waals surface area contributed by atoms with Gasteiger partial charge in [0, 0.05) is 0 Å². The summed E-state index contributed by atoms with van der Waals surface area (Å²) in [6.07, 6.45) is -18.7. The van der Waals surface area contributed by atoms with Crippen LogP contribution in [0.1, 0.15) is 103 Å². The zero-order valence-electron chi connectivity index (χ0n) is 75.3. The van der Waals surface area contributed by atoms with Gasteiger partial charge in [-0.15, -0.1) is 0 Å². The third kappa shape index (κ3) is 28.5. The first-order valence-electron chi connectivity index (χ1n) is 43.5. The highest BCUT2D eigenvalue weighted by molar-refractivity contribution is 5.92. The Morgan fingerprint density at radius 3 is 0.828 bits per heavy atom. The second-order valence-electron chi connectivity index (χ2n) is 32.1. The molecule has 134 heavy (non-hydrogen) atoms. The molecule has 716 valence electrons. The molecule has 10 aromatic rings.